The van der Waals surface area contributed by atoms with Crippen LogP contribution < -0.4 is 0 Å². The van der Waals surface area contributed by atoms with Gasteiger partial charge in [-0.25, -0.2) is 0 Å². The van der Waals surface area contributed by atoms with Gasteiger partial charge in [-0.1, -0.05) is 29.8 Å². The summed E-state index contributed by atoms with van der Waals surface area (Å²) < 4.78 is 37.9. The van der Waals surface area contributed by atoms with Crippen molar-refractivity contribution in [1.82, 2.24) is 4.90 Å². The highest BCUT2D eigenvalue weighted by Crippen LogP contribution is 2.66. The largest absolute Gasteiger partial charge is 0.390 e. The fourth-order valence-electron chi connectivity index (χ4n) is 6.56. The molecule has 27 heavy (non-hydrogen) atoms. The van der Waals surface area contributed by atoms with Crippen LogP contribution >= 0.6 is 0 Å². The molecule has 0 saturated heterocycles. The van der Waals surface area contributed by atoms with Crippen LogP contribution in [0.15, 0.2) is 24.3 Å². The SMILES string of the molecule is Cc1ccc(C23C[C@H]4C[C@@H](CC(C(=O)N(C)CCC(F)(F)F)(C4)C2)C3)cc1. The Hall–Kier alpha value is -1.52. The Kier molecular flexibility index (Phi) is 4.36. The number of alkyl halides is 3. The van der Waals surface area contributed by atoms with Crippen LogP contribution in [0, 0.1) is 24.2 Å². The third-order valence-electron chi connectivity index (χ3n) is 7.26. The summed E-state index contributed by atoms with van der Waals surface area (Å²) in [6, 6.07) is 8.68. The lowest BCUT2D eigenvalue weighted by atomic mass is 9.42. The lowest BCUT2D eigenvalue weighted by molar-refractivity contribution is -0.163. The molecule has 5 heteroatoms. The highest BCUT2D eigenvalue weighted by Gasteiger charge is 2.61. The Morgan fingerprint density at radius 1 is 1.11 bits per heavy atom. The van der Waals surface area contributed by atoms with Gasteiger partial charge in [0.2, 0.25) is 5.91 Å². The van der Waals surface area contributed by atoms with Crippen LogP contribution in [0.5, 0.6) is 0 Å². The zero-order chi connectivity index (χ0) is 19.4. The van der Waals surface area contributed by atoms with Crippen LogP contribution in [0.2, 0.25) is 0 Å². The smallest absolute Gasteiger partial charge is 0.345 e. The number of rotatable bonds is 4. The molecule has 0 spiro atoms. The second-order valence-corrected chi connectivity index (χ2v) is 9.48. The maximum absolute atomic E-state index is 13.3. The van der Waals surface area contributed by atoms with Crippen molar-refractivity contribution in [2.75, 3.05) is 13.6 Å². The van der Waals surface area contributed by atoms with E-state index in [1.54, 1.807) is 7.05 Å². The summed E-state index contributed by atoms with van der Waals surface area (Å²) >= 11 is 0. The van der Waals surface area contributed by atoms with Gasteiger partial charge in [0.05, 0.1) is 11.8 Å². The number of carbonyl (C=O) groups is 1. The Morgan fingerprint density at radius 2 is 1.70 bits per heavy atom. The van der Waals surface area contributed by atoms with E-state index < -0.39 is 18.0 Å². The minimum absolute atomic E-state index is 0.0261. The van der Waals surface area contributed by atoms with E-state index in [4.69, 9.17) is 0 Å². The number of hydrogen-bond acceptors (Lipinski definition) is 1. The van der Waals surface area contributed by atoms with Crippen LogP contribution in [0.25, 0.3) is 0 Å². The number of halogens is 3. The summed E-state index contributed by atoms with van der Waals surface area (Å²) in [4.78, 5) is 14.7. The van der Waals surface area contributed by atoms with Gasteiger partial charge in [0.25, 0.3) is 0 Å². The standard InChI is InChI=1S/C22H28F3NO/c1-15-3-5-18(6-4-15)20-10-16-9-17(11-20)13-21(12-16,14-20)19(27)26(2)8-7-22(23,24)25/h3-6,16-17H,7-14H2,1-2H3/t16-,17-,20?,21?/m1/s1. The van der Waals surface area contributed by atoms with E-state index in [1.807, 2.05) is 0 Å². The van der Waals surface area contributed by atoms with Crippen LogP contribution in [0.1, 0.15) is 56.1 Å². The molecule has 0 N–H and O–H groups in total. The molecule has 4 bridgehead atoms. The number of benzene rings is 1. The van der Waals surface area contributed by atoms with E-state index in [9.17, 15) is 18.0 Å². The van der Waals surface area contributed by atoms with E-state index in [0.717, 1.165) is 32.1 Å². The van der Waals surface area contributed by atoms with Crippen LogP contribution in [-0.4, -0.2) is 30.6 Å². The number of hydrogen-bond donors (Lipinski definition) is 0. The molecule has 0 aliphatic heterocycles. The van der Waals surface area contributed by atoms with Crippen LogP contribution in [0.3, 0.4) is 0 Å². The van der Waals surface area contributed by atoms with Crippen molar-refractivity contribution in [3.05, 3.63) is 35.4 Å². The molecule has 4 aliphatic carbocycles. The van der Waals surface area contributed by atoms with Crippen LogP contribution in [0.4, 0.5) is 13.2 Å². The van der Waals surface area contributed by atoms with Gasteiger partial charge in [0.1, 0.15) is 0 Å². The molecule has 1 amide bonds. The van der Waals surface area contributed by atoms with Gasteiger partial charge in [0.15, 0.2) is 0 Å². The number of aryl methyl sites for hydroxylation is 1. The van der Waals surface area contributed by atoms with E-state index in [-0.39, 0.29) is 17.9 Å². The molecule has 5 rings (SSSR count). The molecular formula is C22H28F3NO. The molecule has 1 aromatic rings. The molecule has 0 unspecified atom stereocenters. The normalized spacial score (nSPS) is 34.7. The molecule has 0 radical (unpaired) electrons. The molecule has 4 aliphatic rings. The first-order valence-electron chi connectivity index (χ1n) is 10.0. The molecule has 4 saturated carbocycles. The first kappa shape index (κ1) is 18.8. The van der Waals surface area contributed by atoms with Crippen molar-refractivity contribution in [1.29, 1.82) is 0 Å². The monoisotopic (exact) mass is 379 g/mol. The number of amides is 1. The van der Waals surface area contributed by atoms with Crippen LogP contribution in [-0.2, 0) is 10.2 Å². The zero-order valence-electron chi connectivity index (χ0n) is 16.1. The second-order valence-electron chi connectivity index (χ2n) is 9.48. The highest BCUT2D eigenvalue weighted by molar-refractivity contribution is 5.83. The minimum Gasteiger partial charge on any atom is -0.345 e. The van der Waals surface area contributed by atoms with Gasteiger partial charge in [-0.05, 0) is 68.3 Å². The first-order valence-corrected chi connectivity index (χ1v) is 10.0. The molecule has 0 heterocycles. The Bertz CT molecular complexity index is 710. The molecular weight excluding hydrogens is 351 g/mol. The lowest BCUT2D eigenvalue weighted by Crippen LogP contribution is -2.59. The van der Waals surface area contributed by atoms with Gasteiger partial charge in [-0.15, -0.1) is 0 Å². The van der Waals surface area contributed by atoms with Crippen molar-refractivity contribution < 1.29 is 18.0 Å². The second kappa shape index (κ2) is 6.25. The van der Waals surface area contributed by atoms with Crippen molar-refractivity contribution in [2.24, 2.45) is 17.3 Å². The predicted octanol–water partition coefficient (Wildman–Crippen LogP) is 5.24. The van der Waals surface area contributed by atoms with Gasteiger partial charge >= 0.3 is 6.18 Å². The lowest BCUT2D eigenvalue weighted by Gasteiger charge is -2.62. The molecule has 0 aromatic heterocycles. The average Bonchev–Trinajstić information content (AvgIpc) is 2.57. The third kappa shape index (κ3) is 3.38. The summed E-state index contributed by atoms with van der Waals surface area (Å²) in [6.07, 6.45) is 0.765. The van der Waals surface area contributed by atoms with Crippen molar-refractivity contribution in [2.45, 2.75) is 63.5 Å². The molecule has 2 atom stereocenters. The van der Waals surface area contributed by atoms with Gasteiger partial charge in [-0.2, -0.15) is 13.2 Å². The third-order valence-corrected chi connectivity index (χ3v) is 7.26. The average molecular weight is 379 g/mol. The molecule has 4 fully saturated rings. The first-order chi connectivity index (χ1) is 12.6. The van der Waals surface area contributed by atoms with Crippen molar-refractivity contribution in [3.8, 4) is 0 Å². The molecule has 2 nitrogen and oxygen atoms in total. The quantitative estimate of drug-likeness (QED) is 0.700. The summed E-state index contributed by atoms with van der Waals surface area (Å²) in [6.45, 7) is 1.83. The molecule has 1 aromatic carbocycles. The van der Waals surface area contributed by atoms with E-state index >= 15 is 0 Å². The Morgan fingerprint density at radius 3 is 2.26 bits per heavy atom. The maximum Gasteiger partial charge on any atom is 0.390 e. The van der Waals surface area contributed by atoms with E-state index in [0.29, 0.717) is 11.8 Å². The van der Waals surface area contributed by atoms with E-state index in [1.165, 1.54) is 22.4 Å². The summed E-state index contributed by atoms with van der Waals surface area (Å²) in [7, 11) is 1.55. The summed E-state index contributed by atoms with van der Waals surface area (Å²) in [5, 5.41) is 0. The zero-order valence-corrected chi connectivity index (χ0v) is 16.1. The topological polar surface area (TPSA) is 20.3 Å². The van der Waals surface area contributed by atoms with E-state index in [2.05, 4.69) is 31.2 Å². The number of carbonyl (C=O) groups excluding carboxylic acids is 1. The summed E-state index contributed by atoms with van der Waals surface area (Å²) in [5.41, 5.74) is 2.10. The fraction of sp³-hybridized carbons (Fsp3) is 0.682. The predicted molar refractivity (Wildman–Crippen MR) is 98.3 cm³/mol. The van der Waals surface area contributed by atoms with Gasteiger partial charge in [-0.3, -0.25) is 4.79 Å². The fourth-order valence-corrected chi connectivity index (χ4v) is 6.56. The maximum atomic E-state index is 13.3. The molecule has 148 valence electrons. The van der Waals surface area contributed by atoms with Gasteiger partial charge in [0, 0.05) is 13.6 Å². The summed E-state index contributed by atoms with van der Waals surface area (Å²) in [5.74, 6) is 0.984. The van der Waals surface area contributed by atoms with Crippen molar-refractivity contribution in [3.63, 3.8) is 0 Å². The van der Waals surface area contributed by atoms with Crippen molar-refractivity contribution >= 4 is 5.91 Å². The minimum atomic E-state index is -4.22. The number of nitrogens with zero attached hydrogens (tertiary/aromatic N) is 1. The highest BCUT2D eigenvalue weighted by atomic mass is 19.4. The van der Waals surface area contributed by atoms with Gasteiger partial charge < -0.3 is 4.90 Å². The Balaban J connectivity index is 1.60. The Labute approximate surface area is 159 Å².